The van der Waals surface area contributed by atoms with Crippen molar-refractivity contribution in [3.05, 3.63) is 69.7 Å². The fourth-order valence-corrected chi connectivity index (χ4v) is 4.08. The summed E-state index contributed by atoms with van der Waals surface area (Å²) in [5.74, 6) is -0.178. The molecule has 122 valence electrons. The first kappa shape index (κ1) is 15.2. The highest BCUT2D eigenvalue weighted by Gasteiger charge is 2.59. The van der Waals surface area contributed by atoms with Gasteiger partial charge in [-0.25, -0.2) is 4.79 Å². The van der Waals surface area contributed by atoms with Crippen LogP contribution in [0.3, 0.4) is 0 Å². The van der Waals surface area contributed by atoms with Crippen molar-refractivity contribution in [2.75, 3.05) is 0 Å². The fourth-order valence-electron chi connectivity index (χ4n) is 3.82. The quantitative estimate of drug-likeness (QED) is 0.897. The molecule has 2 aromatic rings. The summed E-state index contributed by atoms with van der Waals surface area (Å²) in [4.78, 5) is 23.3. The maximum absolute atomic E-state index is 12.4. The Kier molecular flexibility index (Phi) is 3.57. The van der Waals surface area contributed by atoms with Crippen LogP contribution < -0.4 is 5.32 Å². The van der Waals surface area contributed by atoms with E-state index in [4.69, 9.17) is 16.7 Å². The molecule has 4 nitrogen and oxygen atoms in total. The van der Waals surface area contributed by atoms with E-state index >= 15 is 0 Å². The van der Waals surface area contributed by atoms with Crippen LogP contribution in [-0.4, -0.2) is 17.0 Å². The third-order valence-corrected chi connectivity index (χ3v) is 5.45. The summed E-state index contributed by atoms with van der Waals surface area (Å²) in [6.07, 6.45) is 0.880. The number of carbonyl (C=O) groups is 2. The number of nitrogens with one attached hydrogen (secondary N) is 1. The largest absolute Gasteiger partial charge is 0.478 e. The van der Waals surface area contributed by atoms with Crippen molar-refractivity contribution in [2.24, 2.45) is 11.8 Å². The van der Waals surface area contributed by atoms with Crippen molar-refractivity contribution in [1.82, 2.24) is 5.32 Å². The lowest BCUT2D eigenvalue weighted by atomic mass is 10.0. The number of hydrogen-bond acceptors (Lipinski definition) is 2. The number of carboxylic acid groups (broad SMARTS) is 1. The van der Waals surface area contributed by atoms with Gasteiger partial charge < -0.3 is 10.4 Å². The molecular weight excluding hydrogens is 326 g/mol. The number of carboxylic acids is 1. The molecule has 3 atom stereocenters. The molecule has 2 aliphatic carbocycles. The van der Waals surface area contributed by atoms with Crippen molar-refractivity contribution in [3.8, 4) is 0 Å². The van der Waals surface area contributed by atoms with Gasteiger partial charge in [0.15, 0.2) is 0 Å². The van der Waals surface area contributed by atoms with Gasteiger partial charge in [0, 0.05) is 23.4 Å². The predicted molar refractivity (Wildman–Crippen MR) is 90.1 cm³/mol. The second kappa shape index (κ2) is 5.64. The van der Waals surface area contributed by atoms with E-state index in [9.17, 15) is 9.59 Å². The molecule has 3 unspecified atom stereocenters. The molecule has 1 fully saturated rings. The molecule has 0 radical (unpaired) electrons. The van der Waals surface area contributed by atoms with Crippen molar-refractivity contribution < 1.29 is 14.7 Å². The molecule has 2 N–H and O–H groups in total. The maximum atomic E-state index is 12.4. The van der Waals surface area contributed by atoms with E-state index in [-0.39, 0.29) is 17.4 Å². The van der Waals surface area contributed by atoms with E-state index in [1.807, 2.05) is 12.1 Å². The molecule has 0 aliphatic heterocycles. The van der Waals surface area contributed by atoms with Crippen LogP contribution >= 0.6 is 11.6 Å². The third kappa shape index (κ3) is 2.47. The molecule has 2 aromatic carbocycles. The molecule has 5 heteroatoms. The van der Waals surface area contributed by atoms with Gasteiger partial charge in [-0.15, -0.1) is 0 Å². The lowest BCUT2D eigenvalue weighted by Gasteiger charge is -2.10. The number of rotatable bonds is 4. The lowest BCUT2D eigenvalue weighted by Crippen LogP contribution is -2.26. The Morgan fingerprint density at radius 2 is 1.92 bits per heavy atom. The minimum absolute atomic E-state index is 0.0364. The van der Waals surface area contributed by atoms with Crippen LogP contribution in [0.25, 0.3) is 0 Å². The molecule has 0 saturated heterocycles. The highest BCUT2D eigenvalue weighted by Crippen LogP contribution is 2.62. The van der Waals surface area contributed by atoms with Crippen molar-refractivity contribution in [2.45, 2.75) is 18.9 Å². The fraction of sp³-hybridized carbons (Fsp3) is 0.263. The number of amides is 1. The molecule has 0 heterocycles. The summed E-state index contributed by atoms with van der Waals surface area (Å²) in [7, 11) is 0. The van der Waals surface area contributed by atoms with Gasteiger partial charge in [0.25, 0.3) is 0 Å². The topological polar surface area (TPSA) is 66.4 Å². The summed E-state index contributed by atoms with van der Waals surface area (Å²) < 4.78 is 0. The number of halogens is 1. The van der Waals surface area contributed by atoms with Crippen LogP contribution in [-0.2, 0) is 17.8 Å². The number of fused-ring (bicyclic) bond motifs is 3. The summed E-state index contributed by atoms with van der Waals surface area (Å²) in [5.41, 5.74) is 3.55. The summed E-state index contributed by atoms with van der Waals surface area (Å²) in [6.45, 7) is 0.414. The van der Waals surface area contributed by atoms with Gasteiger partial charge in [-0.2, -0.15) is 0 Å². The Morgan fingerprint density at radius 3 is 2.62 bits per heavy atom. The molecule has 0 spiro atoms. The van der Waals surface area contributed by atoms with E-state index < -0.39 is 5.97 Å². The average Bonchev–Trinajstić information content (AvgIpc) is 3.16. The molecular formula is C19H16ClNO3. The van der Waals surface area contributed by atoms with Gasteiger partial charge in [-0.05, 0) is 47.2 Å². The molecule has 1 saturated carbocycles. The monoisotopic (exact) mass is 341 g/mol. The normalized spacial score (nSPS) is 23.3. The average molecular weight is 342 g/mol. The molecule has 2 aliphatic rings. The van der Waals surface area contributed by atoms with Gasteiger partial charge in [0.1, 0.15) is 0 Å². The van der Waals surface area contributed by atoms with Crippen LogP contribution in [0.15, 0.2) is 42.5 Å². The maximum Gasteiger partial charge on any atom is 0.335 e. The smallest absolute Gasteiger partial charge is 0.335 e. The Balaban J connectivity index is 1.38. The van der Waals surface area contributed by atoms with Crippen LogP contribution in [0.4, 0.5) is 0 Å². The van der Waals surface area contributed by atoms with E-state index in [0.717, 1.165) is 17.0 Å². The zero-order valence-corrected chi connectivity index (χ0v) is 13.6. The Bertz CT molecular complexity index is 831. The highest BCUT2D eigenvalue weighted by atomic mass is 35.5. The first-order valence-corrected chi connectivity index (χ1v) is 8.31. The standard InChI is InChI=1S/C19H16ClNO3/c20-15-3-1-2-12-13(15)8-14-16(12)17(14)18(22)21-9-10-4-6-11(7-5-10)19(23)24/h1-7,14,16-17H,8-9H2,(H,21,22)(H,23,24). The molecule has 4 rings (SSSR count). The Labute approximate surface area is 144 Å². The van der Waals surface area contributed by atoms with Crippen LogP contribution in [0.1, 0.15) is 33.0 Å². The van der Waals surface area contributed by atoms with E-state index in [1.165, 1.54) is 11.1 Å². The van der Waals surface area contributed by atoms with E-state index in [1.54, 1.807) is 24.3 Å². The SMILES string of the molecule is O=C(O)c1ccc(CNC(=O)C2C3Cc4c(Cl)cccc4C32)cc1. The number of benzene rings is 2. The van der Waals surface area contributed by atoms with Gasteiger partial charge in [0.05, 0.1) is 5.56 Å². The van der Waals surface area contributed by atoms with Crippen LogP contribution in [0, 0.1) is 11.8 Å². The highest BCUT2D eigenvalue weighted by molar-refractivity contribution is 6.31. The summed E-state index contributed by atoms with van der Waals surface area (Å²) in [5, 5.41) is 12.7. The van der Waals surface area contributed by atoms with E-state index in [0.29, 0.717) is 18.4 Å². The van der Waals surface area contributed by atoms with Crippen molar-refractivity contribution in [3.63, 3.8) is 0 Å². The number of aromatic carboxylic acids is 1. The Hall–Kier alpha value is -2.33. The lowest BCUT2D eigenvalue weighted by molar-refractivity contribution is -0.122. The van der Waals surface area contributed by atoms with E-state index in [2.05, 4.69) is 11.4 Å². The van der Waals surface area contributed by atoms with Crippen LogP contribution in [0.5, 0.6) is 0 Å². The van der Waals surface area contributed by atoms with Gasteiger partial charge in [0.2, 0.25) is 5.91 Å². The summed E-state index contributed by atoms with van der Waals surface area (Å²) >= 11 is 6.22. The zero-order valence-electron chi connectivity index (χ0n) is 12.8. The first-order valence-electron chi connectivity index (χ1n) is 7.93. The predicted octanol–water partition coefficient (Wildman–Crippen LogP) is 3.24. The van der Waals surface area contributed by atoms with Gasteiger partial charge in [-0.1, -0.05) is 35.9 Å². The molecule has 1 amide bonds. The third-order valence-electron chi connectivity index (χ3n) is 5.09. The molecule has 24 heavy (non-hydrogen) atoms. The molecule has 0 aromatic heterocycles. The number of carbonyl (C=O) groups excluding carboxylic acids is 1. The summed E-state index contributed by atoms with van der Waals surface area (Å²) in [6, 6.07) is 12.5. The minimum Gasteiger partial charge on any atom is -0.478 e. The minimum atomic E-state index is -0.950. The second-order valence-corrected chi connectivity index (χ2v) is 6.85. The number of hydrogen-bond donors (Lipinski definition) is 2. The van der Waals surface area contributed by atoms with Crippen molar-refractivity contribution >= 4 is 23.5 Å². The molecule has 0 bridgehead atoms. The zero-order chi connectivity index (χ0) is 16.8. The Morgan fingerprint density at radius 1 is 1.17 bits per heavy atom. The van der Waals surface area contributed by atoms with Crippen LogP contribution in [0.2, 0.25) is 5.02 Å². The van der Waals surface area contributed by atoms with Gasteiger partial charge >= 0.3 is 5.97 Å². The second-order valence-electron chi connectivity index (χ2n) is 6.45. The van der Waals surface area contributed by atoms with Crippen molar-refractivity contribution in [1.29, 1.82) is 0 Å². The first-order chi connectivity index (χ1) is 11.6. The van der Waals surface area contributed by atoms with Gasteiger partial charge in [-0.3, -0.25) is 4.79 Å².